The van der Waals surface area contributed by atoms with E-state index in [-0.39, 0.29) is 24.7 Å². The summed E-state index contributed by atoms with van der Waals surface area (Å²) in [5.41, 5.74) is 8.06. The predicted molar refractivity (Wildman–Crippen MR) is 153 cm³/mol. The lowest BCUT2D eigenvalue weighted by Gasteiger charge is -2.25. The first-order valence-electron chi connectivity index (χ1n) is 14.1. The Balaban J connectivity index is 1.10. The van der Waals surface area contributed by atoms with E-state index < -0.39 is 24.5 Å². The predicted octanol–water partition coefficient (Wildman–Crippen LogP) is 0.548. The molecule has 222 valence electrons. The van der Waals surface area contributed by atoms with Crippen LogP contribution in [0.25, 0.3) is 22.3 Å². The molecule has 0 aromatic carbocycles. The second-order valence-corrected chi connectivity index (χ2v) is 10.8. The van der Waals surface area contributed by atoms with Crippen molar-refractivity contribution in [1.82, 2.24) is 43.9 Å². The molecule has 0 aliphatic carbocycles. The number of ether oxygens (including phenoxy) is 2. The van der Waals surface area contributed by atoms with Gasteiger partial charge >= 0.3 is 0 Å². The summed E-state index contributed by atoms with van der Waals surface area (Å²) >= 11 is 0. The number of imidazole rings is 2. The maximum absolute atomic E-state index is 10.8. The first kappa shape index (κ1) is 28.2. The highest BCUT2D eigenvalue weighted by atomic mass is 16.6. The number of nitrogens with two attached hydrogens (primary N) is 1. The van der Waals surface area contributed by atoms with E-state index in [0.717, 1.165) is 12.8 Å². The molecule has 15 heteroatoms. The van der Waals surface area contributed by atoms with Crippen LogP contribution in [0.15, 0.2) is 25.3 Å². The zero-order valence-corrected chi connectivity index (χ0v) is 23.5. The number of nitrogens with one attached hydrogen (secondary N) is 1. The Bertz CT molecular complexity index is 1590. The fourth-order valence-corrected chi connectivity index (χ4v) is 5.85. The van der Waals surface area contributed by atoms with Gasteiger partial charge in [-0.15, -0.1) is 6.42 Å². The molecular weight excluding hydrogens is 542 g/mol. The van der Waals surface area contributed by atoms with Crippen LogP contribution in [0.2, 0.25) is 0 Å². The molecular formula is C27H35N11O4. The number of anilines is 2. The highest BCUT2D eigenvalue weighted by Gasteiger charge is 2.44. The average molecular weight is 578 g/mol. The summed E-state index contributed by atoms with van der Waals surface area (Å²) < 4.78 is 15.9. The van der Waals surface area contributed by atoms with E-state index >= 15 is 0 Å². The van der Waals surface area contributed by atoms with E-state index in [1.54, 1.807) is 10.9 Å². The zero-order chi connectivity index (χ0) is 29.4. The van der Waals surface area contributed by atoms with Gasteiger partial charge in [0.1, 0.15) is 42.7 Å². The number of nitrogens with zero attached hydrogens (tertiary/aromatic N) is 9. The van der Waals surface area contributed by atoms with Gasteiger partial charge in [0.2, 0.25) is 0 Å². The lowest BCUT2D eigenvalue weighted by molar-refractivity contribution is -0.0428. The van der Waals surface area contributed by atoms with Crippen molar-refractivity contribution in [2.24, 2.45) is 5.92 Å². The van der Waals surface area contributed by atoms with Crippen molar-refractivity contribution in [2.45, 2.75) is 63.6 Å². The van der Waals surface area contributed by atoms with E-state index in [0.29, 0.717) is 53.7 Å². The van der Waals surface area contributed by atoms with Crippen molar-refractivity contribution in [2.75, 3.05) is 37.2 Å². The van der Waals surface area contributed by atoms with Gasteiger partial charge in [-0.3, -0.25) is 14.0 Å². The lowest BCUT2D eigenvalue weighted by Crippen LogP contribution is -2.41. The van der Waals surface area contributed by atoms with Crippen LogP contribution in [0.5, 0.6) is 0 Å². The third-order valence-corrected chi connectivity index (χ3v) is 8.08. The molecule has 0 radical (unpaired) electrons. The van der Waals surface area contributed by atoms with E-state index in [1.807, 2.05) is 9.47 Å². The molecule has 2 unspecified atom stereocenters. The van der Waals surface area contributed by atoms with Crippen LogP contribution in [0.3, 0.4) is 0 Å². The second kappa shape index (κ2) is 11.7. The molecule has 7 atom stereocenters. The Morgan fingerprint density at radius 2 is 1.76 bits per heavy atom. The molecule has 0 amide bonds. The average Bonchev–Trinajstić information content (AvgIpc) is 3.75. The van der Waals surface area contributed by atoms with E-state index in [1.165, 1.54) is 19.0 Å². The fourth-order valence-electron chi connectivity index (χ4n) is 5.85. The summed E-state index contributed by atoms with van der Waals surface area (Å²) in [6.07, 6.45) is 9.71. The molecule has 2 aliphatic heterocycles. The summed E-state index contributed by atoms with van der Waals surface area (Å²) in [6.45, 7) is 5.95. The molecule has 0 spiro atoms. The topological polar surface area (TPSA) is 187 Å². The number of hydrogen-bond donors (Lipinski definition) is 4. The molecule has 2 saturated heterocycles. The maximum atomic E-state index is 10.8. The number of rotatable bonds is 10. The zero-order valence-electron chi connectivity index (χ0n) is 23.5. The van der Waals surface area contributed by atoms with Gasteiger partial charge in [0.05, 0.1) is 25.3 Å². The molecule has 5 N–H and O–H groups in total. The second-order valence-electron chi connectivity index (χ2n) is 10.8. The smallest absolute Gasteiger partial charge is 0.167 e. The minimum Gasteiger partial charge on any atom is -0.387 e. The van der Waals surface area contributed by atoms with Gasteiger partial charge in [-0.25, -0.2) is 29.9 Å². The number of hydrogen-bond acceptors (Lipinski definition) is 13. The van der Waals surface area contributed by atoms with Gasteiger partial charge in [-0.1, -0.05) is 19.8 Å². The maximum Gasteiger partial charge on any atom is 0.167 e. The highest BCUT2D eigenvalue weighted by Crippen LogP contribution is 2.36. The van der Waals surface area contributed by atoms with Gasteiger partial charge in [0, 0.05) is 19.6 Å². The number of aromatic nitrogens is 8. The van der Waals surface area contributed by atoms with Crippen molar-refractivity contribution < 1.29 is 19.7 Å². The largest absolute Gasteiger partial charge is 0.387 e. The highest BCUT2D eigenvalue weighted by molar-refractivity contribution is 5.83. The number of aliphatic hydroxyl groups is 2. The number of nitrogen functional groups attached to an aromatic ring is 1. The van der Waals surface area contributed by atoms with Crippen LogP contribution >= 0.6 is 0 Å². The number of terminal acetylenes is 1. The molecule has 0 saturated carbocycles. The quantitative estimate of drug-likeness (QED) is 0.192. The van der Waals surface area contributed by atoms with E-state index in [9.17, 15) is 10.2 Å². The van der Waals surface area contributed by atoms with Crippen LogP contribution in [-0.4, -0.2) is 105 Å². The molecule has 4 aromatic rings. The first-order valence-corrected chi connectivity index (χ1v) is 14.1. The van der Waals surface area contributed by atoms with Gasteiger partial charge in [-0.05, 0) is 18.8 Å². The van der Waals surface area contributed by atoms with E-state index in [2.05, 4.69) is 55.0 Å². The van der Waals surface area contributed by atoms with Crippen molar-refractivity contribution in [3.63, 3.8) is 0 Å². The number of fused-ring (bicyclic) bond motifs is 2. The molecule has 6 heterocycles. The summed E-state index contributed by atoms with van der Waals surface area (Å²) in [7, 11) is 0. The van der Waals surface area contributed by atoms with Gasteiger partial charge in [-0.2, -0.15) is 0 Å². The molecule has 15 nitrogen and oxygen atoms in total. The lowest BCUT2D eigenvalue weighted by atomic mass is 10.0. The number of aliphatic hydroxyl groups excluding tert-OH is 2. The minimum atomic E-state index is -1.21. The molecule has 4 aromatic heterocycles. The minimum absolute atomic E-state index is 0.106. The summed E-state index contributed by atoms with van der Waals surface area (Å²) in [5.74, 6) is 3.95. The summed E-state index contributed by atoms with van der Waals surface area (Å²) in [4.78, 5) is 27.8. The van der Waals surface area contributed by atoms with Crippen LogP contribution in [0, 0.1) is 18.3 Å². The normalized spacial score (nSPS) is 27.8. The Morgan fingerprint density at radius 3 is 2.52 bits per heavy atom. The molecule has 6 rings (SSSR count). The van der Waals surface area contributed by atoms with Crippen LogP contribution in [0.1, 0.15) is 39.1 Å². The third-order valence-electron chi connectivity index (χ3n) is 8.08. The van der Waals surface area contributed by atoms with E-state index in [4.69, 9.17) is 21.6 Å². The first-order chi connectivity index (χ1) is 20.4. The van der Waals surface area contributed by atoms with Crippen molar-refractivity contribution in [3.8, 4) is 12.3 Å². The monoisotopic (exact) mass is 577 g/mol. The van der Waals surface area contributed by atoms with Gasteiger partial charge in [0.25, 0.3) is 0 Å². The molecule has 42 heavy (non-hydrogen) atoms. The van der Waals surface area contributed by atoms with Crippen molar-refractivity contribution in [1.29, 1.82) is 0 Å². The summed E-state index contributed by atoms with van der Waals surface area (Å²) in [6, 6.07) is 0. The standard InChI is InChI=1S/C27H35N11O4/c1-4-7-36(10-17-21(39)22(40)27(42-17)38-14-34-19-23(28)30-11-32-25(19)38)8-6-29-24-20-26(33-12-31-24)37(13-35-20)18-9-15(3)16(5-2)41-18/h1,11-18,21-22,27,39-40H,5-10H2,2-3H3,(H2,28,30,32)(H,29,31,33)/t15-,16+,17+,18?,21?,22-,27+/m0/s1. The Hall–Kier alpha value is -3.94. The Labute approximate surface area is 242 Å². The Morgan fingerprint density at radius 1 is 1.02 bits per heavy atom. The summed E-state index contributed by atoms with van der Waals surface area (Å²) in [5, 5.41) is 25.0. The Kier molecular flexibility index (Phi) is 7.88. The van der Waals surface area contributed by atoms with Crippen molar-refractivity contribution >= 4 is 34.0 Å². The van der Waals surface area contributed by atoms with Crippen LogP contribution in [0.4, 0.5) is 11.6 Å². The third kappa shape index (κ3) is 5.12. The fraction of sp³-hybridized carbons (Fsp3) is 0.556. The molecule has 2 aliphatic rings. The van der Waals surface area contributed by atoms with Crippen LogP contribution < -0.4 is 11.1 Å². The SMILES string of the molecule is C#CCN(CCNc1ncnc2c1ncn2C1C[C@H](C)[C@@H](CC)O1)C[C@H]1O[C@@H](n2cnc3c(N)ncnc32)[C@@H](O)C1O. The molecule has 0 bridgehead atoms. The van der Waals surface area contributed by atoms with Gasteiger partial charge < -0.3 is 30.7 Å². The van der Waals surface area contributed by atoms with Crippen molar-refractivity contribution in [3.05, 3.63) is 25.3 Å². The van der Waals surface area contributed by atoms with Gasteiger partial charge in [0.15, 0.2) is 34.7 Å². The van der Waals surface area contributed by atoms with Crippen LogP contribution in [-0.2, 0) is 9.47 Å². The molecule has 2 fully saturated rings.